The van der Waals surface area contributed by atoms with Crippen LogP contribution in [0.25, 0.3) is 50.2 Å². The highest BCUT2D eigenvalue weighted by molar-refractivity contribution is 5.98. The van der Waals surface area contributed by atoms with Crippen molar-refractivity contribution in [1.82, 2.24) is 30.5 Å². The number of imidazole rings is 1. The normalized spacial score (nSPS) is 14.3. The van der Waals surface area contributed by atoms with Crippen molar-refractivity contribution in [2.75, 3.05) is 0 Å². The fourth-order valence-electron chi connectivity index (χ4n) is 4.63. The van der Waals surface area contributed by atoms with Gasteiger partial charge in [-0.05, 0) is 78.8 Å². The Morgan fingerprint density at radius 3 is 2.66 bits per heavy atom. The minimum absolute atomic E-state index is 0.283. The summed E-state index contributed by atoms with van der Waals surface area (Å²) in [5.41, 5.74) is 8.88. The van der Waals surface area contributed by atoms with Gasteiger partial charge in [-0.1, -0.05) is 37.4 Å². The van der Waals surface area contributed by atoms with Crippen molar-refractivity contribution in [1.29, 1.82) is 0 Å². The van der Waals surface area contributed by atoms with Gasteiger partial charge >= 0.3 is 0 Å². The van der Waals surface area contributed by atoms with Gasteiger partial charge in [0.1, 0.15) is 11.5 Å². The molecule has 5 aromatic rings. The molecule has 0 aliphatic heterocycles. The van der Waals surface area contributed by atoms with Crippen LogP contribution >= 0.6 is 0 Å². The van der Waals surface area contributed by atoms with Crippen LogP contribution in [0.2, 0.25) is 0 Å². The minimum atomic E-state index is -0.283. The molecule has 3 aromatic heterocycles. The van der Waals surface area contributed by atoms with E-state index < -0.39 is 0 Å². The van der Waals surface area contributed by atoms with Gasteiger partial charge in [0.25, 0.3) is 0 Å². The lowest BCUT2D eigenvalue weighted by atomic mass is 10.0. The first-order chi connectivity index (χ1) is 18.5. The van der Waals surface area contributed by atoms with Crippen LogP contribution in [0.5, 0.6) is 0 Å². The minimum Gasteiger partial charge on any atom is -0.359 e. The monoisotopic (exact) mass is 502 g/mol. The van der Waals surface area contributed by atoms with E-state index in [1.165, 1.54) is 25.0 Å². The quantitative estimate of drug-likeness (QED) is 0.195. The van der Waals surface area contributed by atoms with Gasteiger partial charge < -0.3 is 10.3 Å². The Balaban J connectivity index is 1.38. The van der Waals surface area contributed by atoms with Crippen LogP contribution in [0.1, 0.15) is 25.3 Å². The SMILES string of the molecule is C=C/C(=C\C(=C/C)c1ccc2[nH]nc(-c3nc4c(-c5ccc(F)cc5)cncc4[nH]3)c2c1)NC(=C)C1CC1. The molecule has 3 N–H and O–H groups in total. The fourth-order valence-corrected chi connectivity index (χ4v) is 4.63. The molecule has 0 unspecified atom stereocenters. The lowest BCUT2D eigenvalue weighted by molar-refractivity contribution is 0.628. The van der Waals surface area contributed by atoms with E-state index in [-0.39, 0.29) is 5.82 Å². The van der Waals surface area contributed by atoms with Gasteiger partial charge in [0, 0.05) is 28.5 Å². The molecule has 6 nitrogen and oxygen atoms in total. The van der Waals surface area contributed by atoms with E-state index in [1.807, 2.05) is 19.1 Å². The van der Waals surface area contributed by atoms with Crippen LogP contribution in [-0.4, -0.2) is 25.1 Å². The number of nitrogens with one attached hydrogen (secondary N) is 3. The highest BCUT2D eigenvalue weighted by Gasteiger charge is 2.24. The lowest BCUT2D eigenvalue weighted by Gasteiger charge is -2.11. The molecule has 6 rings (SSSR count). The highest BCUT2D eigenvalue weighted by atomic mass is 19.1. The number of pyridine rings is 1. The summed E-state index contributed by atoms with van der Waals surface area (Å²) in [6, 6.07) is 12.5. The molecule has 0 amide bonds. The number of fused-ring (bicyclic) bond motifs is 2. The molecule has 0 saturated heterocycles. The lowest BCUT2D eigenvalue weighted by Crippen LogP contribution is -2.11. The molecule has 3 heterocycles. The van der Waals surface area contributed by atoms with Crippen molar-refractivity contribution in [2.24, 2.45) is 5.92 Å². The molecule has 1 aliphatic rings. The molecule has 2 aromatic carbocycles. The molecule has 188 valence electrons. The standard InChI is InChI=1S/C31H27FN6/c1-4-19(14-24(5-2)34-18(3)20-6-7-20)22-10-13-27-25(15-22)30(38-37-27)31-35-28-17-33-16-26(29(28)36-31)21-8-11-23(32)12-9-21/h4-5,8-17,20,34H,2-3,6-7H2,1H3,(H,35,36)(H,37,38)/b19-4+,24-14+. The van der Waals surface area contributed by atoms with Crippen LogP contribution in [0.3, 0.4) is 0 Å². The number of allylic oxidation sites excluding steroid dienone is 5. The topological polar surface area (TPSA) is 82.3 Å². The molecular weight excluding hydrogens is 475 g/mol. The van der Waals surface area contributed by atoms with Crippen molar-refractivity contribution < 1.29 is 4.39 Å². The van der Waals surface area contributed by atoms with Crippen LogP contribution in [-0.2, 0) is 0 Å². The first-order valence-electron chi connectivity index (χ1n) is 12.6. The number of rotatable bonds is 8. The molecule has 0 spiro atoms. The summed E-state index contributed by atoms with van der Waals surface area (Å²) in [7, 11) is 0. The summed E-state index contributed by atoms with van der Waals surface area (Å²) in [6.45, 7) is 10.2. The molecule has 1 fully saturated rings. The van der Waals surface area contributed by atoms with E-state index >= 15 is 0 Å². The van der Waals surface area contributed by atoms with Crippen LogP contribution < -0.4 is 5.32 Å². The van der Waals surface area contributed by atoms with Crippen molar-refractivity contribution in [3.8, 4) is 22.6 Å². The zero-order chi connectivity index (χ0) is 26.2. The van der Waals surface area contributed by atoms with Crippen molar-refractivity contribution >= 4 is 27.5 Å². The van der Waals surface area contributed by atoms with Gasteiger partial charge in [0.2, 0.25) is 0 Å². The van der Waals surface area contributed by atoms with Crippen molar-refractivity contribution in [3.05, 3.63) is 109 Å². The van der Waals surface area contributed by atoms with E-state index in [0.717, 1.165) is 55.6 Å². The average molecular weight is 503 g/mol. The molecule has 1 saturated carbocycles. The zero-order valence-electron chi connectivity index (χ0n) is 21.1. The summed E-state index contributed by atoms with van der Waals surface area (Å²) in [6.07, 6.45) is 11.8. The maximum Gasteiger partial charge on any atom is 0.159 e. The molecule has 0 atom stereocenters. The van der Waals surface area contributed by atoms with E-state index in [2.05, 4.69) is 62.9 Å². The van der Waals surface area contributed by atoms with Crippen LogP contribution in [0.4, 0.5) is 4.39 Å². The van der Waals surface area contributed by atoms with Crippen molar-refractivity contribution in [3.63, 3.8) is 0 Å². The number of halogens is 1. The van der Waals surface area contributed by atoms with E-state index in [1.54, 1.807) is 24.5 Å². The van der Waals surface area contributed by atoms with Gasteiger partial charge in [-0.2, -0.15) is 5.10 Å². The maximum absolute atomic E-state index is 13.5. The smallest absolute Gasteiger partial charge is 0.159 e. The summed E-state index contributed by atoms with van der Waals surface area (Å²) < 4.78 is 13.5. The van der Waals surface area contributed by atoms with Gasteiger partial charge in [-0.25, -0.2) is 9.37 Å². The Hall–Kier alpha value is -4.78. The largest absolute Gasteiger partial charge is 0.359 e. The first-order valence-corrected chi connectivity index (χ1v) is 12.6. The predicted octanol–water partition coefficient (Wildman–Crippen LogP) is 7.29. The van der Waals surface area contributed by atoms with E-state index in [4.69, 9.17) is 4.98 Å². The number of H-pyrrole nitrogens is 2. The maximum atomic E-state index is 13.5. The second-order valence-corrected chi connectivity index (χ2v) is 9.48. The van der Waals surface area contributed by atoms with Gasteiger partial charge in [-0.3, -0.25) is 10.1 Å². The first kappa shape index (κ1) is 23.6. The Bertz CT molecular complexity index is 1750. The van der Waals surface area contributed by atoms with Gasteiger partial charge in [0.05, 0.1) is 22.7 Å². The summed E-state index contributed by atoms with van der Waals surface area (Å²) >= 11 is 0. The molecule has 7 heteroatoms. The number of hydrogen-bond donors (Lipinski definition) is 3. The number of aromatic amines is 2. The van der Waals surface area contributed by atoms with Crippen LogP contribution in [0.15, 0.2) is 97.6 Å². The number of nitrogens with zero attached hydrogens (tertiary/aromatic N) is 3. The third-order valence-corrected chi connectivity index (χ3v) is 6.89. The Kier molecular flexibility index (Phi) is 5.96. The Morgan fingerprint density at radius 1 is 1.11 bits per heavy atom. The number of aromatic nitrogens is 5. The molecule has 0 radical (unpaired) electrons. The van der Waals surface area contributed by atoms with Gasteiger partial charge in [-0.15, -0.1) is 0 Å². The van der Waals surface area contributed by atoms with Crippen molar-refractivity contribution in [2.45, 2.75) is 19.8 Å². The number of hydrogen-bond acceptors (Lipinski definition) is 4. The summed E-state index contributed by atoms with van der Waals surface area (Å²) in [4.78, 5) is 12.6. The van der Waals surface area contributed by atoms with E-state index in [9.17, 15) is 4.39 Å². The second kappa shape index (κ2) is 9.59. The Labute approximate surface area is 219 Å². The molecule has 1 aliphatic carbocycles. The summed E-state index contributed by atoms with van der Waals surface area (Å²) in [5, 5.41) is 12.1. The fraction of sp³-hybridized carbons (Fsp3) is 0.129. The molecular formula is C31H27FN6. The predicted molar refractivity (Wildman–Crippen MR) is 151 cm³/mol. The zero-order valence-corrected chi connectivity index (χ0v) is 21.1. The number of benzene rings is 2. The third-order valence-electron chi connectivity index (χ3n) is 6.89. The highest BCUT2D eigenvalue weighted by Crippen LogP contribution is 2.35. The van der Waals surface area contributed by atoms with Gasteiger partial charge in [0.15, 0.2) is 5.82 Å². The van der Waals surface area contributed by atoms with E-state index in [0.29, 0.717) is 17.4 Å². The average Bonchev–Trinajstić information content (AvgIpc) is 3.57. The second-order valence-electron chi connectivity index (χ2n) is 9.48. The third kappa shape index (κ3) is 4.43. The summed E-state index contributed by atoms with van der Waals surface area (Å²) in [5.74, 6) is 0.904. The molecule has 38 heavy (non-hydrogen) atoms. The Morgan fingerprint density at radius 2 is 1.92 bits per heavy atom. The van der Waals surface area contributed by atoms with Crippen LogP contribution in [0, 0.1) is 11.7 Å². The molecule has 0 bridgehead atoms.